The van der Waals surface area contributed by atoms with Gasteiger partial charge in [-0.2, -0.15) is 5.26 Å². The Kier molecular flexibility index (Phi) is 7.37. The van der Waals surface area contributed by atoms with Crippen molar-refractivity contribution in [1.82, 2.24) is 4.90 Å². The maximum atomic E-state index is 12.3. The number of carbonyl (C=O) groups excluding carboxylic acids is 1. The van der Waals surface area contributed by atoms with Gasteiger partial charge in [0.1, 0.15) is 0 Å². The maximum Gasteiger partial charge on any atom is 0.260 e. The van der Waals surface area contributed by atoms with Gasteiger partial charge in [0.15, 0.2) is 18.1 Å². The Hall–Kier alpha value is -2.65. The fraction of sp³-hybridized carbons (Fsp3) is 0.300. The van der Waals surface area contributed by atoms with E-state index in [0.29, 0.717) is 30.2 Å². The number of rotatable bonds is 8. The molecule has 0 aliphatic carbocycles. The van der Waals surface area contributed by atoms with Crippen molar-refractivity contribution in [3.63, 3.8) is 0 Å². The minimum absolute atomic E-state index is 0.0919. The van der Waals surface area contributed by atoms with Crippen LogP contribution in [0.15, 0.2) is 47.4 Å². The van der Waals surface area contributed by atoms with E-state index in [1.165, 1.54) is 4.90 Å². The van der Waals surface area contributed by atoms with Gasteiger partial charge in [0.05, 0.1) is 18.2 Å². The van der Waals surface area contributed by atoms with Crippen LogP contribution in [-0.2, 0) is 11.3 Å². The lowest BCUT2D eigenvalue weighted by Gasteiger charge is -2.18. The Labute approximate surface area is 158 Å². The predicted octanol–water partition coefficient (Wildman–Crippen LogP) is 3.72. The van der Waals surface area contributed by atoms with E-state index >= 15 is 0 Å². The van der Waals surface area contributed by atoms with E-state index in [1.807, 2.05) is 37.4 Å². The number of likely N-dealkylation sites (N-methyl/N-ethyl adjacent to an activating group) is 1. The third-order valence-corrected chi connectivity index (χ3v) is 4.47. The van der Waals surface area contributed by atoms with Gasteiger partial charge in [-0.15, -0.1) is 11.8 Å². The number of ether oxygens (including phenoxy) is 2. The summed E-state index contributed by atoms with van der Waals surface area (Å²) in [5.74, 6) is 0.789. The molecule has 26 heavy (non-hydrogen) atoms. The maximum absolute atomic E-state index is 12.3. The number of nitrogens with zero attached hydrogens (tertiary/aromatic N) is 2. The Morgan fingerprint density at radius 3 is 2.50 bits per heavy atom. The highest BCUT2D eigenvalue weighted by molar-refractivity contribution is 7.98. The number of nitriles is 1. The van der Waals surface area contributed by atoms with Crippen molar-refractivity contribution in [2.45, 2.75) is 18.4 Å². The lowest BCUT2D eigenvalue weighted by Crippen LogP contribution is -2.31. The van der Waals surface area contributed by atoms with Crippen LogP contribution in [-0.4, -0.2) is 37.3 Å². The molecule has 0 atom stereocenters. The third kappa shape index (κ3) is 5.43. The fourth-order valence-electron chi connectivity index (χ4n) is 2.31. The van der Waals surface area contributed by atoms with Gasteiger partial charge in [-0.25, -0.2) is 0 Å². The minimum atomic E-state index is -0.134. The van der Waals surface area contributed by atoms with Crippen LogP contribution in [0.1, 0.15) is 18.1 Å². The number of amides is 1. The topological polar surface area (TPSA) is 62.6 Å². The van der Waals surface area contributed by atoms with Crippen LogP contribution in [0.25, 0.3) is 0 Å². The summed E-state index contributed by atoms with van der Waals surface area (Å²) >= 11 is 1.68. The SMILES string of the molecule is CCOc1cc(C#N)ccc1OCC(=O)N(C)Cc1ccc(SC)cc1. The lowest BCUT2D eigenvalue weighted by atomic mass is 10.2. The quantitative estimate of drug-likeness (QED) is 0.663. The zero-order valence-corrected chi connectivity index (χ0v) is 16.0. The largest absolute Gasteiger partial charge is 0.490 e. The molecule has 5 nitrogen and oxygen atoms in total. The van der Waals surface area contributed by atoms with Gasteiger partial charge < -0.3 is 14.4 Å². The summed E-state index contributed by atoms with van der Waals surface area (Å²) in [6.07, 6.45) is 2.03. The van der Waals surface area contributed by atoms with Crippen LogP contribution < -0.4 is 9.47 Å². The molecule has 0 N–H and O–H groups in total. The first-order valence-corrected chi connectivity index (χ1v) is 9.46. The van der Waals surface area contributed by atoms with E-state index < -0.39 is 0 Å². The molecule has 0 aliphatic heterocycles. The lowest BCUT2D eigenvalue weighted by molar-refractivity contribution is -0.132. The van der Waals surface area contributed by atoms with E-state index in [2.05, 4.69) is 6.07 Å². The van der Waals surface area contributed by atoms with E-state index in [4.69, 9.17) is 14.7 Å². The van der Waals surface area contributed by atoms with Gasteiger partial charge in [0.25, 0.3) is 5.91 Å². The number of carbonyl (C=O) groups is 1. The zero-order chi connectivity index (χ0) is 18.9. The molecule has 0 bridgehead atoms. The minimum Gasteiger partial charge on any atom is -0.490 e. The molecule has 0 heterocycles. The number of hydrogen-bond acceptors (Lipinski definition) is 5. The van der Waals surface area contributed by atoms with Crippen molar-refractivity contribution in [3.8, 4) is 17.6 Å². The molecule has 2 aromatic carbocycles. The molecule has 2 rings (SSSR count). The monoisotopic (exact) mass is 370 g/mol. The normalized spacial score (nSPS) is 10.1. The van der Waals surface area contributed by atoms with Gasteiger partial charge in [0.2, 0.25) is 0 Å². The molecule has 0 saturated heterocycles. The van der Waals surface area contributed by atoms with E-state index in [0.717, 1.165) is 5.56 Å². The molecule has 0 saturated carbocycles. The van der Waals surface area contributed by atoms with Crippen molar-refractivity contribution in [2.75, 3.05) is 26.5 Å². The Balaban J connectivity index is 1.95. The third-order valence-electron chi connectivity index (χ3n) is 3.73. The highest BCUT2D eigenvalue weighted by atomic mass is 32.2. The van der Waals surface area contributed by atoms with Gasteiger partial charge in [-0.05, 0) is 43.0 Å². The van der Waals surface area contributed by atoms with E-state index in [9.17, 15) is 4.79 Å². The summed E-state index contributed by atoms with van der Waals surface area (Å²) in [6, 6.07) is 15.1. The molecule has 0 fully saturated rings. The summed E-state index contributed by atoms with van der Waals surface area (Å²) in [6.45, 7) is 2.73. The summed E-state index contributed by atoms with van der Waals surface area (Å²) < 4.78 is 11.1. The molecular weight excluding hydrogens is 348 g/mol. The molecule has 6 heteroatoms. The molecular formula is C20H22N2O3S. The van der Waals surface area contributed by atoms with E-state index in [-0.39, 0.29) is 12.5 Å². The average molecular weight is 370 g/mol. The van der Waals surface area contributed by atoms with Crippen LogP contribution in [0.5, 0.6) is 11.5 Å². The predicted molar refractivity (Wildman–Crippen MR) is 103 cm³/mol. The first-order valence-electron chi connectivity index (χ1n) is 8.24. The second kappa shape index (κ2) is 9.73. The number of benzene rings is 2. The Bertz CT molecular complexity index is 785. The summed E-state index contributed by atoms with van der Waals surface area (Å²) in [4.78, 5) is 15.2. The van der Waals surface area contributed by atoms with Gasteiger partial charge in [0, 0.05) is 24.6 Å². The van der Waals surface area contributed by atoms with Crippen LogP contribution in [0.2, 0.25) is 0 Å². The van der Waals surface area contributed by atoms with Gasteiger partial charge in [-0.1, -0.05) is 12.1 Å². The van der Waals surface area contributed by atoms with Crippen LogP contribution in [0.4, 0.5) is 0 Å². The van der Waals surface area contributed by atoms with E-state index in [1.54, 1.807) is 41.9 Å². The molecule has 0 aromatic heterocycles. The molecule has 0 spiro atoms. The van der Waals surface area contributed by atoms with Gasteiger partial charge >= 0.3 is 0 Å². The van der Waals surface area contributed by atoms with Crippen LogP contribution >= 0.6 is 11.8 Å². The van der Waals surface area contributed by atoms with Crippen LogP contribution in [0, 0.1) is 11.3 Å². The van der Waals surface area contributed by atoms with Crippen molar-refractivity contribution in [1.29, 1.82) is 5.26 Å². The first-order chi connectivity index (χ1) is 12.6. The van der Waals surface area contributed by atoms with Crippen molar-refractivity contribution >= 4 is 17.7 Å². The molecule has 0 unspecified atom stereocenters. The molecule has 0 radical (unpaired) electrons. The zero-order valence-electron chi connectivity index (χ0n) is 15.2. The van der Waals surface area contributed by atoms with Crippen LogP contribution in [0.3, 0.4) is 0 Å². The summed E-state index contributed by atoms with van der Waals surface area (Å²) in [5.41, 5.74) is 1.55. The number of hydrogen-bond donors (Lipinski definition) is 0. The average Bonchev–Trinajstić information content (AvgIpc) is 2.67. The van der Waals surface area contributed by atoms with Crippen molar-refractivity contribution in [2.24, 2.45) is 0 Å². The molecule has 2 aromatic rings. The Morgan fingerprint density at radius 1 is 1.15 bits per heavy atom. The second-order valence-corrected chi connectivity index (χ2v) is 6.47. The smallest absolute Gasteiger partial charge is 0.260 e. The summed E-state index contributed by atoms with van der Waals surface area (Å²) in [7, 11) is 1.75. The first kappa shape index (κ1) is 19.7. The van der Waals surface area contributed by atoms with Crippen molar-refractivity contribution in [3.05, 3.63) is 53.6 Å². The molecule has 1 amide bonds. The Morgan fingerprint density at radius 2 is 1.88 bits per heavy atom. The van der Waals surface area contributed by atoms with Gasteiger partial charge in [-0.3, -0.25) is 4.79 Å². The molecule has 0 aliphatic rings. The number of thioether (sulfide) groups is 1. The standard InChI is InChI=1S/C20H22N2O3S/c1-4-24-19-11-16(12-21)7-10-18(19)25-14-20(23)22(2)13-15-5-8-17(26-3)9-6-15/h5-11H,4,13-14H2,1-3H3. The van der Waals surface area contributed by atoms with Crippen molar-refractivity contribution < 1.29 is 14.3 Å². The molecule has 136 valence electrons. The highest BCUT2D eigenvalue weighted by Gasteiger charge is 2.13. The fourth-order valence-corrected chi connectivity index (χ4v) is 2.72. The summed E-state index contributed by atoms with van der Waals surface area (Å²) in [5, 5.41) is 8.98. The highest BCUT2D eigenvalue weighted by Crippen LogP contribution is 2.28. The second-order valence-electron chi connectivity index (χ2n) is 5.59.